The molecule has 354 valence electrons. The van der Waals surface area contributed by atoms with Gasteiger partial charge >= 0.3 is 42.1 Å². The summed E-state index contributed by atoms with van der Waals surface area (Å²) in [5, 5.41) is 8.25. The minimum absolute atomic E-state index is 0. The molecule has 0 saturated carbocycles. The monoisotopic (exact) mass is 1310 g/mol. The van der Waals surface area contributed by atoms with Crippen LogP contribution in [0.2, 0.25) is 0 Å². The van der Waals surface area contributed by atoms with E-state index in [1.54, 1.807) is 12.4 Å². The Morgan fingerprint density at radius 3 is 1.15 bits per heavy atom. The van der Waals surface area contributed by atoms with Gasteiger partial charge in [0.1, 0.15) is 17.3 Å². The summed E-state index contributed by atoms with van der Waals surface area (Å²) >= 11 is 0. The van der Waals surface area contributed by atoms with Gasteiger partial charge in [-0.3, -0.25) is 4.57 Å². The van der Waals surface area contributed by atoms with Crippen LogP contribution in [0.25, 0.3) is 111 Å². The number of pyridine rings is 3. The van der Waals surface area contributed by atoms with Gasteiger partial charge in [-0.05, 0) is 65.4 Å². The molecule has 0 saturated heterocycles. The molecule has 13 heteroatoms. The van der Waals surface area contributed by atoms with Crippen molar-refractivity contribution in [2.24, 2.45) is 0 Å². The van der Waals surface area contributed by atoms with Gasteiger partial charge in [0.15, 0.2) is 0 Å². The molecule has 0 aliphatic carbocycles. The fourth-order valence-corrected chi connectivity index (χ4v) is 10.3. The van der Waals surface area contributed by atoms with Crippen molar-refractivity contribution in [3.8, 4) is 46.3 Å². The maximum Gasteiger partial charge on any atom is 2.00 e. The third-order valence-electron chi connectivity index (χ3n) is 13.4. The smallest absolute Gasteiger partial charge is 0.509 e. The van der Waals surface area contributed by atoms with Crippen molar-refractivity contribution < 1.29 is 51.6 Å². The zero-order valence-corrected chi connectivity index (χ0v) is 43.1. The van der Waals surface area contributed by atoms with Crippen molar-refractivity contribution >= 4 is 87.4 Å². The summed E-state index contributed by atoms with van der Waals surface area (Å²) in [5.41, 5.74) is 7.76. The Balaban J connectivity index is 0.00000264. The molecule has 11 nitrogen and oxygen atoms in total. The molecule has 0 spiro atoms. The summed E-state index contributed by atoms with van der Waals surface area (Å²) in [5.74, 6) is 4.02. The van der Waals surface area contributed by atoms with Crippen LogP contribution < -0.4 is 9.47 Å². The van der Waals surface area contributed by atoms with Crippen LogP contribution in [-0.4, -0.2) is 43.2 Å². The minimum Gasteiger partial charge on any atom is -0.509 e. The number of aromatic nitrogens is 9. The van der Waals surface area contributed by atoms with Gasteiger partial charge < -0.3 is 23.2 Å². The summed E-state index contributed by atoms with van der Waals surface area (Å²) in [6.45, 7) is 0. The van der Waals surface area contributed by atoms with Crippen molar-refractivity contribution in [1.82, 2.24) is 43.2 Å². The summed E-state index contributed by atoms with van der Waals surface area (Å²) in [4.78, 5) is 24.3. The van der Waals surface area contributed by atoms with Crippen LogP contribution in [-0.2, 0) is 42.1 Å². The Labute approximate surface area is 450 Å². The van der Waals surface area contributed by atoms with Gasteiger partial charge in [0.05, 0.1) is 23.6 Å². The summed E-state index contributed by atoms with van der Waals surface area (Å²) in [6.07, 6.45) is 9.07. The second-order valence-electron chi connectivity index (χ2n) is 17.4. The largest absolute Gasteiger partial charge is 2.00 e. The van der Waals surface area contributed by atoms with Crippen molar-refractivity contribution in [2.45, 2.75) is 0 Å². The standard InChI is InChI=1S/C61H33N9O2.2Pt/c1-5-17-52-43(12-1)46-25-21-39(32-54(46)68(52)58-19-7-9-29-62-58)71-41-23-27-48-49-28-24-42(72-40-22-26-47-44-13-2-6-18-53(44)69(55(47)33-40)59-20-8-10-30-63-59)35-57(49)70(56(48)34-41)61-65-36-38(37-66-61)67-51-16-4-3-14-45(51)50-15-11-31-64-60(50)67;;/h1-31,36-37H;;/q-4;2*+2. The Morgan fingerprint density at radius 2 is 0.689 bits per heavy atom. The summed E-state index contributed by atoms with van der Waals surface area (Å²) < 4.78 is 21.6. The van der Waals surface area contributed by atoms with E-state index in [1.165, 1.54) is 0 Å². The average molecular weight is 1310 g/mol. The minimum atomic E-state index is 0. The van der Waals surface area contributed by atoms with Gasteiger partial charge in [0.2, 0.25) is 5.95 Å². The number of para-hydroxylation sites is 3. The molecule has 0 atom stereocenters. The molecule has 0 amide bonds. The Bertz CT molecular complexity index is 4380. The van der Waals surface area contributed by atoms with Crippen LogP contribution in [0, 0.1) is 24.3 Å². The topological polar surface area (TPSA) is 103 Å². The molecule has 8 heterocycles. The third-order valence-corrected chi connectivity index (χ3v) is 13.4. The first-order valence-electron chi connectivity index (χ1n) is 23.4. The van der Waals surface area contributed by atoms with E-state index in [9.17, 15) is 0 Å². The number of fused-ring (bicyclic) bond motifs is 12. The fraction of sp³-hybridized carbons (Fsp3) is 0. The van der Waals surface area contributed by atoms with E-state index in [1.807, 2.05) is 138 Å². The van der Waals surface area contributed by atoms with Crippen LogP contribution in [0.4, 0.5) is 0 Å². The van der Waals surface area contributed by atoms with E-state index >= 15 is 0 Å². The van der Waals surface area contributed by atoms with Gasteiger partial charge in [-0.15, -0.1) is 59.3 Å². The molecule has 0 unspecified atom stereocenters. The quantitative estimate of drug-likeness (QED) is 0.140. The van der Waals surface area contributed by atoms with E-state index in [0.717, 1.165) is 93.6 Å². The zero-order chi connectivity index (χ0) is 47.3. The number of hydrogen-bond donors (Lipinski definition) is 0. The van der Waals surface area contributed by atoms with E-state index in [2.05, 4.69) is 92.6 Å². The molecule has 7 aromatic carbocycles. The van der Waals surface area contributed by atoms with E-state index in [4.69, 9.17) is 34.4 Å². The summed E-state index contributed by atoms with van der Waals surface area (Å²) in [6, 6.07) is 71.0. The second-order valence-corrected chi connectivity index (χ2v) is 17.4. The Hall–Kier alpha value is -8.75. The number of hydrogen-bond acceptors (Lipinski definition) is 7. The molecule has 0 fully saturated rings. The molecular weight excluding hydrogens is 1280 g/mol. The predicted octanol–water partition coefficient (Wildman–Crippen LogP) is 13.8. The number of rotatable bonds is 8. The van der Waals surface area contributed by atoms with Gasteiger partial charge in [-0.1, -0.05) is 88.8 Å². The molecule has 74 heavy (non-hydrogen) atoms. The third kappa shape index (κ3) is 7.14. The normalized spacial score (nSPS) is 11.6. The van der Waals surface area contributed by atoms with E-state index < -0.39 is 0 Å². The van der Waals surface area contributed by atoms with E-state index in [-0.39, 0.29) is 42.1 Å². The van der Waals surface area contributed by atoms with Gasteiger partial charge in [-0.2, -0.15) is 35.0 Å². The van der Waals surface area contributed by atoms with Crippen molar-refractivity contribution in [2.75, 3.05) is 0 Å². The first kappa shape index (κ1) is 45.1. The van der Waals surface area contributed by atoms with Crippen LogP contribution in [0.3, 0.4) is 0 Å². The van der Waals surface area contributed by atoms with Gasteiger partial charge in [-0.25, -0.2) is 24.9 Å². The molecule has 15 rings (SSSR count). The number of nitrogens with zero attached hydrogens (tertiary/aromatic N) is 9. The summed E-state index contributed by atoms with van der Waals surface area (Å²) in [7, 11) is 0. The average Bonchev–Trinajstić information content (AvgIpc) is 4.16. The first-order chi connectivity index (χ1) is 35.7. The van der Waals surface area contributed by atoms with Gasteiger partial charge in [0.25, 0.3) is 0 Å². The maximum atomic E-state index is 6.66. The van der Waals surface area contributed by atoms with E-state index in [0.29, 0.717) is 40.0 Å². The number of benzene rings is 7. The molecule has 0 aliphatic rings. The zero-order valence-electron chi connectivity index (χ0n) is 38.5. The predicted molar refractivity (Wildman–Crippen MR) is 281 cm³/mol. The van der Waals surface area contributed by atoms with Crippen LogP contribution >= 0.6 is 0 Å². The van der Waals surface area contributed by atoms with Gasteiger partial charge in [0, 0.05) is 63.4 Å². The Kier molecular flexibility index (Phi) is 11.0. The molecule has 0 aliphatic heterocycles. The number of ether oxygens (including phenoxy) is 2. The first-order valence-corrected chi connectivity index (χ1v) is 23.4. The fourth-order valence-electron chi connectivity index (χ4n) is 10.3. The SMILES string of the molecule is [Pt+2].[Pt+2].[c-]1c(Oc2[c-]c3c(cc2)c2ccccc2n3-c2ccccn2)ccc2c3ccc(Oc4[c-]c5c(cc4)c4ccccc4n5-c4ccccn4)[c-]c3n(-c3ncc(-n4c5ccccc5c5cccnc54)cn3)c12. The van der Waals surface area contributed by atoms with Crippen LogP contribution in [0.5, 0.6) is 23.0 Å². The molecule has 0 radical (unpaired) electrons. The van der Waals surface area contributed by atoms with Crippen LogP contribution in [0.15, 0.2) is 201 Å². The van der Waals surface area contributed by atoms with Crippen LogP contribution in [0.1, 0.15) is 0 Å². The molecule has 15 aromatic rings. The molecule has 0 bridgehead atoms. The molecular formula is C61H33N9O2Pt2. The van der Waals surface area contributed by atoms with Crippen molar-refractivity contribution in [3.05, 3.63) is 225 Å². The second kappa shape index (κ2) is 18.1. The maximum absolute atomic E-state index is 6.66. The molecule has 0 N–H and O–H groups in total. The van der Waals surface area contributed by atoms with Crippen molar-refractivity contribution in [3.63, 3.8) is 0 Å². The van der Waals surface area contributed by atoms with Crippen molar-refractivity contribution in [1.29, 1.82) is 0 Å². The molecule has 8 aromatic heterocycles. The Morgan fingerprint density at radius 1 is 0.311 bits per heavy atom.